The molecule has 0 amide bonds. The van der Waals surface area contributed by atoms with Crippen LogP contribution in [0.4, 0.5) is 0 Å². The minimum absolute atomic E-state index is 0.753. The Hall–Kier alpha value is -1.77. The van der Waals surface area contributed by atoms with Crippen molar-refractivity contribution in [3.05, 3.63) is 47.3 Å². The molecule has 1 heterocycles. The Morgan fingerprint density at radius 1 is 1.32 bits per heavy atom. The summed E-state index contributed by atoms with van der Waals surface area (Å²) in [5, 5.41) is 7.33. The molecule has 0 aromatic heterocycles. The molecule has 1 aliphatic rings. The SMILES string of the molecule is Cc1ccc(CC2CCN(/C(C=N)=C/N)CC2)cc1. The van der Waals surface area contributed by atoms with E-state index in [1.54, 1.807) is 0 Å². The Bertz CT molecular complexity index is 440. The van der Waals surface area contributed by atoms with Gasteiger partial charge in [-0.2, -0.15) is 0 Å². The van der Waals surface area contributed by atoms with Gasteiger partial charge >= 0.3 is 0 Å². The minimum atomic E-state index is 0.753. The first-order valence-corrected chi connectivity index (χ1v) is 6.96. The molecule has 1 fully saturated rings. The number of benzene rings is 1. The van der Waals surface area contributed by atoms with Crippen molar-refractivity contribution < 1.29 is 0 Å². The van der Waals surface area contributed by atoms with Crippen LogP contribution in [-0.4, -0.2) is 24.2 Å². The lowest BCUT2D eigenvalue weighted by Crippen LogP contribution is -2.34. The molecule has 0 atom stereocenters. The number of nitrogens with zero attached hydrogens (tertiary/aromatic N) is 1. The molecular weight excluding hydrogens is 234 g/mol. The Labute approximate surface area is 115 Å². The fourth-order valence-electron chi connectivity index (χ4n) is 2.70. The molecular formula is C16H23N3. The number of likely N-dealkylation sites (tertiary alicyclic amines) is 1. The first-order valence-electron chi connectivity index (χ1n) is 6.96. The molecule has 0 aliphatic carbocycles. The van der Waals surface area contributed by atoms with E-state index < -0.39 is 0 Å². The van der Waals surface area contributed by atoms with Crippen LogP contribution < -0.4 is 5.73 Å². The molecule has 0 radical (unpaired) electrons. The summed E-state index contributed by atoms with van der Waals surface area (Å²) in [7, 11) is 0. The largest absolute Gasteiger partial charge is 0.403 e. The summed E-state index contributed by atoms with van der Waals surface area (Å²) >= 11 is 0. The highest BCUT2D eigenvalue weighted by atomic mass is 15.1. The summed E-state index contributed by atoms with van der Waals surface area (Å²) in [5.74, 6) is 0.753. The van der Waals surface area contributed by atoms with Crippen LogP contribution in [0.25, 0.3) is 0 Å². The second kappa shape index (κ2) is 6.41. The third-order valence-corrected chi connectivity index (χ3v) is 3.94. The number of rotatable bonds is 4. The van der Waals surface area contributed by atoms with E-state index in [0.29, 0.717) is 0 Å². The smallest absolute Gasteiger partial charge is 0.0702 e. The summed E-state index contributed by atoms with van der Waals surface area (Å²) in [6.07, 6.45) is 6.41. The minimum Gasteiger partial charge on any atom is -0.403 e. The van der Waals surface area contributed by atoms with Crippen LogP contribution in [0.1, 0.15) is 24.0 Å². The van der Waals surface area contributed by atoms with E-state index in [9.17, 15) is 0 Å². The highest BCUT2D eigenvalue weighted by molar-refractivity contribution is 5.74. The van der Waals surface area contributed by atoms with Crippen LogP contribution in [-0.2, 0) is 6.42 Å². The number of hydrogen-bond donors (Lipinski definition) is 2. The lowest BCUT2D eigenvalue weighted by Gasteiger charge is -2.33. The molecule has 0 bridgehead atoms. The third kappa shape index (κ3) is 3.60. The summed E-state index contributed by atoms with van der Waals surface area (Å²) in [6, 6.07) is 8.86. The Balaban J connectivity index is 1.86. The highest BCUT2D eigenvalue weighted by Gasteiger charge is 2.20. The second-order valence-electron chi connectivity index (χ2n) is 5.36. The topological polar surface area (TPSA) is 53.1 Å². The Morgan fingerprint density at radius 2 is 1.95 bits per heavy atom. The maximum absolute atomic E-state index is 7.33. The number of nitrogens with one attached hydrogen (secondary N) is 1. The molecule has 3 nitrogen and oxygen atoms in total. The lowest BCUT2D eigenvalue weighted by atomic mass is 9.90. The van der Waals surface area contributed by atoms with Gasteiger partial charge in [-0.1, -0.05) is 29.8 Å². The van der Waals surface area contributed by atoms with E-state index in [0.717, 1.165) is 24.7 Å². The monoisotopic (exact) mass is 257 g/mol. The van der Waals surface area contributed by atoms with Gasteiger partial charge in [-0.15, -0.1) is 0 Å². The van der Waals surface area contributed by atoms with E-state index in [1.807, 2.05) is 0 Å². The molecule has 1 saturated heterocycles. The van der Waals surface area contributed by atoms with Gasteiger partial charge in [-0.25, -0.2) is 0 Å². The average molecular weight is 257 g/mol. The molecule has 0 saturated carbocycles. The fourth-order valence-corrected chi connectivity index (χ4v) is 2.70. The van der Waals surface area contributed by atoms with E-state index in [4.69, 9.17) is 11.1 Å². The van der Waals surface area contributed by atoms with Crippen LogP contribution in [0.15, 0.2) is 36.2 Å². The molecule has 102 valence electrons. The summed E-state index contributed by atoms with van der Waals surface area (Å²) < 4.78 is 0. The molecule has 1 aromatic rings. The van der Waals surface area contributed by atoms with Gasteiger partial charge in [-0.3, -0.25) is 0 Å². The Morgan fingerprint density at radius 3 is 2.47 bits per heavy atom. The lowest BCUT2D eigenvalue weighted by molar-refractivity contribution is 0.234. The van der Waals surface area contributed by atoms with Crippen molar-refractivity contribution in [2.24, 2.45) is 11.7 Å². The first-order chi connectivity index (χ1) is 9.22. The number of aryl methyl sites for hydroxylation is 1. The molecule has 19 heavy (non-hydrogen) atoms. The molecule has 0 spiro atoms. The van der Waals surface area contributed by atoms with Crippen LogP contribution >= 0.6 is 0 Å². The quantitative estimate of drug-likeness (QED) is 0.815. The van der Waals surface area contributed by atoms with Gasteiger partial charge in [-0.05, 0) is 37.7 Å². The van der Waals surface area contributed by atoms with Crippen LogP contribution in [0, 0.1) is 18.3 Å². The number of piperidine rings is 1. The number of allylic oxidation sites excluding steroid dienone is 1. The fraction of sp³-hybridized carbons (Fsp3) is 0.438. The summed E-state index contributed by atoms with van der Waals surface area (Å²) in [6.45, 7) is 4.14. The van der Waals surface area contributed by atoms with Crippen molar-refractivity contribution >= 4 is 6.21 Å². The predicted molar refractivity (Wildman–Crippen MR) is 80.2 cm³/mol. The van der Waals surface area contributed by atoms with Gasteiger partial charge in [0, 0.05) is 25.5 Å². The predicted octanol–water partition coefficient (Wildman–Crippen LogP) is 2.70. The zero-order chi connectivity index (χ0) is 13.7. The maximum Gasteiger partial charge on any atom is 0.0702 e. The van der Waals surface area contributed by atoms with Crippen molar-refractivity contribution in [2.75, 3.05) is 13.1 Å². The van der Waals surface area contributed by atoms with E-state index >= 15 is 0 Å². The van der Waals surface area contributed by atoms with E-state index in [1.165, 1.54) is 42.8 Å². The maximum atomic E-state index is 7.33. The first kappa shape index (κ1) is 13.7. The van der Waals surface area contributed by atoms with Crippen LogP contribution in [0.3, 0.4) is 0 Å². The standard InChI is InChI=1S/C16H23N3/c1-13-2-4-14(5-3-13)10-15-6-8-19(9-7-15)16(11-17)12-18/h2-5,11-12,15,17H,6-10,18H2,1H3/b16-12+,17-11?. The molecule has 0 unspecified atom stereocenters. The molecule has 1 aromatic carbocycles. The zero-order valence-corrected chi connectivity index (χ0v) is 11.6. The van der Waals surface area contributed by atoms with E-state index in [2.05, 4.69) is 36.1 Å². The van der Waals surface area contributed by atoms with Crippen molar-refractivity contribution in [2.45, 2.75) is 26.2 Å². The van der Waals surface area contributed by atoms with Crippen LogP contribution in [0.2, 0.25) is 0 Å². The molecule has 1 aliphatic heterocycles. The molecule has 3 N–H and O–H groups in total. The van der Waals surface area contributed by atoms with Crippen molar-refractivity contribution in [3.63, 3.8) is 0 Å². The van der Waals surface area contributed by atoms with Gasteiger partial charge < -0.3 is 16.0 Å². The number of nitrogens with two attached hydrogens (primary N) is 1. The third-order valence-electron chi connectivity index (χ3n) is 3.94. The van der Waals surface area contributed by atoms with Crippen LogP contribution in [0.5, 0.6) is 0 Å². The normalized spacial score (nSPS) is 17.5. The molecule has 2 rings (SSSR count). The second-order valence-corrected chi connectivity index (χ2v) is 5.36. The highest BCUT2D eigenvalue weighted by Crippen LogP contribution is 2.23. The molecule has 3 heteroatoms. The summed E-state index contributed by atoms with van der Waals surface area (Å²) in [5.41, 5.74) is 9.13. The zero-order valence-electron chi connectivity index (χ0n) is 11.6. The average Bonchev–Trinajstić information content (AvgIpc) is 2.44. The van der Waals surface area contributed by atoms with Gasteiger partial charge in [0.05, 0.1) is 5.70 Å². The van der Waals surface area contributed by atoms with Crippen molar-refractivity contribution in [1.82, 2.24) is 4.90 Å². The van der Waals surface area contributed by atoms with E-state index in [-0.39, 0.29) is 0 Å². The van der Waals surface area contributed by atoms with Crippen molar-refractivity contribution in [3.8, 4) is 0 Å². The van der Waals surface area contributed by atoms with Gasteiger partial charge in [0.1, 0.15) is 0 Å². The van der Waals surface area contributed by atoms with Gasteiger partial charge in [0.25, 0.3) is 0 Å². The van der Waals surface area contributed by atoms with Gasteiger partial charge in [0.15, 0.2) is 0 Å². The van der Waals surface area contributed by atoms with Gasteiger partial charge in [0.2, 0.25) is 0 Å². The summed E-state index contributed by atoms with van der Waals surface area (Å²) in [4.78, 5) is 2.21. The number of hydrogen-bond acceptors (Lipinski definition) is 3. The Kier molecular flexibility index (Phi) is 4.61. The van der Waals surface area contributed by atoms with Crippen molar-refractivity contribution in [1.29, 1.82) is 5.41 Å².